The van der Waals surface area contributed by atoms with Crippen LogP contribution in [-0.2, 0) is 39.1 Å². The molecule has 5 aromatic carbocycles. The molecule has 11 heteroatoms. The Hall–Kier alpha value is -5.94. The summed E-state index contributed by atoms with van der Waals surface area (Å²) >= 11 is 0. The number of benzene rings is 5. The quantitative estimate of drug-likeness (QED) is 0.0957. The fourth-order valence-electron chi connectivity index (χ4n) is 6.66. The van der Waals surface area contributed by atoms with Crippen LogP contribution in [-0.4, -0.2) is 33.2 Å². The maximum atomic E-state index is 14.3. The summed E-state index contributed by atoms with van der Waals surface area (Å²) < 4.78 is 47.6. The Morgan fingerprint density at radius 3 is 1.75 bits per heavy atom. The number of hydroxylamine groups is 1. The molecule has 1 atom stereocenters. The molecule has 0 spiro atoms. The molecule has 0 aliphatic heterocycles. The third-order valence-corrected chi connectivity index (χ3v) is 9.57. The molecule has 0 saturated carbocycles. The van der Waals surface area contributed by atoms with E-state index in [1.54, 1.807) is 20.8 Å². The Balaban J connectivity index is 1.34. The van der Waals surface area contributed by atoms with Gasteiger partial charge in [-0.2, -0.15) is 13.2 Å². The SMILES string of the molecule is Cc1cc2nc(CCC(NC(=O)OC(C)(C)C)C(=O)NOC(c3ccccc3)(c3ccccc3)c3ccccc3)n(Cc3ccc(C(F)(F)F)cc3)c2cc1C. The summed E-state index contributed by atoms with van der Waals surface area (Å²) in [6, 6.07) is 36.5. The van der Waals surface area contributed by atoms with Crippen LogP contribution in [0.5, 0.6) is 0 Å². The Labute approximate surface area is 324 Å². The number of halogens is 3. The summed E-state index contributed by atoms with van der Waals surface area (Å²) in [5.74, 6) is -0.0399. The smallest absolute Gasteiger partial charge is 0.416 e. The minimum atomic E-state index is -4.45. The minimum Gasteiger partial charge on any atom is -0.444 e. The zero-order valence-corrected chi connectivity index (χ0v) is 32.0. The fourth-order valence-corrected chi connectivity index (χ4v) is 6.66. The number of nitrogens with one attached hydrogen (secondary N) is 2. The zero-order valence-electron chi connectivity index (χ0n) is 32.0. The van der Waals surface area contributed by atoms with Crippen LogP contribution >= 0.6 is 0 Å². The van der Waals surface area contributed by atoms with E-state index in [4.69, 9.17) is 14.6 Å². The second-order valence-electron chi connectivity index (χ2n) is 14.8. The highest BCUT2D eigenvalue weighted by molar-refractivity contribution is 5.85. The molecule has 0 bridgehead atoms. The number of ether oxygens (including phenoxy) is 1. The number of alkyl carbamates (subject to hydrolysis) is 1. The molecule has 0 radical (unpaired) electrons. The Morgan fingerprint density at radius 1 is 0.732 bits per heavy atom. The van der Waals surface area contributed by atoms with Crippen molar-refractivity contribution in [3.63, 3.8) is 0 Å². The van der Waals surface area contributed by atoms with E-state index in [-0.39, 0.29) is 19.4 Å². The van der Waals surface area contributed by atoms with Crippen LogP contribution in [0.3, 0.4) is 0 Å². The van der Waals surface area contributed by atoms with Crippen LogP contribution in [0.15, 0.2) is 127 Å². The van der Waals surface area contributed by atoms with E-state index in [0.717, 1.165) is 45.5 Å². The summed E-state index contributed by atoms with van der Waals surface area (Å²) in [4.78, 5) is 39.0. The van der Waals surface area contributed by atoms with Crippen molar-refractivity contribution in [1.29, 1.82) is 0 Å². The number of amides is 2. The summed E-state index contributed by atoms with van der Waals surface area (Å²) in [5.41, 5.74) is 6.35. The molecule has 2 amide bonds. The van der Waals surface area contributed by atoms with Gasteiger partial charge in [-0.1, -0.05) is 103 Å². The molecule has 0 fully saturated rings. The van der Waals surface area contributed by atoms with Crippen molar-refractivity contribution in [3.05, 3.63) is 172 Å². The number of carbonyl (C=O) groups is 2. The van der Waals surface area contributed by atoms with Crippen LogP contribution in [0, 0.1) is 13.8 Å². The van der Waals surface area contributed by atoms with Gasteiger partial charge in [0.15, 0.2) is 5.60 Å². The monoisotopic (exact) mass is 762 g/mol. The van der Waals surface area contributed by atoms with Crippen molar-refractivity contribution < 1.29 is 32.3 Å². The third kappa shape index (κ3) is 9.12. The Bertz CT molecular complexity index is 2170. The molecule has 1 heterocycles. The predicted octanol–water partition coefficient (Wildman–Crippen LogP) is 9.59. The van der Waals surface area contributed by atoms with Crippen LogP contribution in [0.1, 0.15) is 72.0 Å². The van der Waals surface area contributed by atoms with E-state index in [1.165, 1.54) is 12.1 Å². The highest BCUT2D eigenvalue weighted by Crippen LogP contribution is 2.40. The number of aryl methyl sites for hydroxylation is 3. The molecule has 8 nitrogen and oxygen atoms in total. The van der Waals surface area contributed by atoms with E-state index in [1.807, 2.05) is 122 Å². The van der Waals surface area contributed by atoms with E-state index < -0.39 is 41.0 Å². The number of hydrogen-bond donors (Lipinski definition) is 2. The van der Waals surface area contributed by atoms with Crippen molar-refractivity contribution in [2.45, 2.75) is 77.4 Å². The number of imidazole rings is 1. The maximum absolute atomic E-state index is 14.3. The number of alkyl halides is 3. The molecule has 1 aromatic heterocycles. The van der Waals surface area contributed by atoms with E-state index >= 15 is 0 Å². The average molecular weight is 763 g/mol. The first-order chi connectivity index (χ1) is 26.6. The molecule has 0 aliphatic rings. The normalized spacial score (nSPS) is 12.6. The van der Waals surface area contributed by atoms with Crippen molar-refractivity contribution >= 4 is 23.0 Å². The lowest BCUT2D eigenvalue weighted by atomic mass is 9.80. The lowest BCUT2D eigenvalue weighted by molar-refractivity contribution is -0.145. The van der Waals surface area contributed by atoms with Crippen molar-refractivity contribution in [1.82, 2.24) is 20.3 Å². The van der Waals surface area contributed by atoms with E-state index in [9.17, 15) is 22.8 Å². The first-order valence-electron chi connectivity index (χ1n) is 18.4. The predicted molar refractivity (Wildman–Crippen MR) is 210 cm³/mol. The van der Waals surface area contributed by atoms with Gasteiger partial charge in [0, 0.05) is 13.0 Å². The first kappa shape index (κ1) is 39.7. The third-order valence-electron chi connectivity index (χ3n) is 9.57. The van der Waals surface area contributed by atoms with Crippen LogP contribution < -0.4 is 10.8 Å². The van der Waals surface area contributed by atoms with Gasteiger partial charge in [-0.3, -0.25) is 9.63 Å². The van der Waals surface area contributed by atoms with Crippen molar-refractivity contribution in [2.75, 3.05) is 0 Å². The largest absolute Gasteiger partial charge is 0.444 e. The van der Waals surface area contributed by atoms with Crippen LogP contribution in [0.4, 0.5) is 18.0 Å². The summed E-state index contributed by atoms with van der Waals surface area (Å²) in [5, 5.41) is 2.74. The van der Waals surface area contributed by atoms with Crippen LogP contribution in [0.2, 0.25) is 0 Å². The number of hydrogen-bond acceptors (Lipinski definition) is 5. The van der Waals surface area contributed by atoms with E-state index in [2.05, 4.69) is 10.8 Å². The average Bonchev–Trinajstić information content (AvgIpc) is 3.49. The van der Waals surface area contributed by atoms with Gasteiger partial charge in [0.1, 0.15) is 17.5 Å². The summed E-state index contributed by atoms with van der Waals surface area (Å²) in [6.45, 7) is 9.38. The lowest BCUT2D eigenvalue weighted by Crippen LogP contribution is -2.50. The number of carbonyl (C=O) groups excluding carboxylic acids is 2. The van der Waals surface area contributed by atoms with Gasteiger partial charge in [0.2, 0.25) is 0 Å². The topological polar surface area (TPSA) is 94.5 Å². The van der Waals surface area contributed by atoms with Gasteiger partial charge in [0.25, 0.3) is 5.91 Å². The molecule has 6 rings (SSSR count). The van der Waals surface area contributed by atoms with Gasteiger partial charge < -0.3 is 14.6 Å². The highest BCUT2D eigenvalue weighted by Gasteiger charge is 2.40. The molecule has 1 unspecified atom stereocenters. The molecule has 290 valence electrons. The van der Waals surface area contributed by atoms with Gasteiger partial charge in [-0.25, -0.2) is 15.3 Å². The van der Waals surface area contributed by atoms with Crippen molar-refractivity contribution in [3.8, 4) is 0 Å². The Morgan fingerprint density at radius 2 is 1.25 bits per heavy atom. The van der Waals surface area contributed by atoms with Gasteiger partial charge in [-0.05, 0) is 98.7 Å². The molecule has 6 aromatic rings. The van der Waals surface area contributed by atoms with Gasteiger partial charge >= 0.3 is 12.3 Å². The van der Waals surface area contributed by atoms with Gasteiger partial charge in [-0.15, -0.1) is 0 Å². The first-order valence-corrected chi connectivity index (χ1v) is 18.4. The molecular formula is C45H45F3N4O4. The molecule has 2 N–H and O–H groups in total. The zero-order chi connectivity index (χ0) is 40.1. The minimum absolute atomic E-state index is 0.0811. The second-order valence-corrected chi connectivity index (χ2v) is 14.8. The van der Waals surface area contributed by atoms with Crippen LogP contribution in [0.25, 0.3) is 11.0 Å². The fraction of sp³-hybridized carbons (Fsp3) is 0.267. The Kier molecular flexibility index (Phi) is 11.7. The lowest BCUT2D eigenvalue weighted by Gasteiger charge is -2.35. The van der Waals surface area contributed by atoms with Crippen molar-refractivity contribution in [2.24, 2.45) is 0 Å². The number of nitrogens with zero attached hydrogens (tertiary/aromatic N) is 2. The number of aromatic nitrogens is 2. The summed E-state index contributed by atoms with van der Waals surface area (Å²) in [7, 11) is 0. The molecular weight excluding hydrogens is 718 g/mol. The molecule has 0 saturated heterocycles. The standard InChI is InChI=1S/C45H45F3N4O4/c1-30-27-38-39(28-31(30)2)52(29-32-21-23-36(24-22-32)45(46,47)48)40(49-38)26-25-37(50-42(54)55-43(3,4)5)41(53)51-56-44(33-15-9-6-10-16-33,34-17-11-7-12-18-34)35-19-13-8-14-20-35/h6-24,27-28,37H,25-26,29H2,1-5H3,(H,50,54)(H,51,53). The summed E-state index contributed by atoms with van der Waals surface area (Å²) in [6.07, 6.45) is -4.95. The number of fused-ring (bicyclic) bond motifs is 1. The maximum Gasteiger partial charge on any atom is 0.416 e. The highest BCUT2D eigenvalue weighted by atomic mass is 19.4. The van der Waals surface area contributed by atoms with E-state index in [0.29, 0.717) is 16.9 Å². The second kappa shape index (κ2) is 16.4. The van der Waals surface area contributed by atoms with Gasteiger partial charge in [0.05, 0.1) is 16.6 Å². The number of rotatable bonds is 12. The molecule has 56 heavy (non-hydrogen) atoms. The molecule has 0 aliphatic carbocycles.